The molecule has 0 saturated carbocycles. The number of hydrogen-bond donors (Lipinski definition) is 1. The van der Waals surface area contributed by atoms with E-state index in [0.29, 0.717) is 25.8 Å². The molecule has 1 heterocycles. The lowest BCUT2D eigenvalue weighted by molar-refractivity contribution is -0.150. The monoisotopic (exact) mass is 301 g/mol. The average molecular weight is 301 g/mol. The Kier molecular flexibility index (Phi) is 6.45. The second-order valence-corrected chi connectivity index (χ2v) is 6.41. The summed E-state index contributed by atoms with van der Waals surface area (Å²) in [4.78, 5) is 25.7. The lowest BCUT2D eigenvalue weighted by Crippen LogP contribution is -2.44. The van der Waals surface area contributed by atoms with Crippen molar-refractivity contribution < 1.29 is 24.2 Å². The first-order chi connectivity index (χ1) is 9.73. The van der Waals surface area contributed by atoms with Crippen molar-refractivity contribution in [3.63, 3.8) is 0 Å². The van der Waals surface area contributed by atoms with Gasteiger partial charge in [-0.15, -0.1) is 0 Å². The van der Waals surface area contributed by atoms with Gasteiger partial charge in [0.1, 0.15) is 5.60 Å². The van der Waals surface area contributed by atoms with Gasteiger partial charge in [0.15, 0.2) is 0 Å². The maximum absolute atomic E-state index is 12.2. The molecule has 1 fully saturated rings. The number of amides is 1. The van der Waals surface area contributed by atoms with Crippen molar-refractivity contribution in [2.45, 2.75) is 58.7 Å². The number of nitrogens with zero attached hydrogens (tertiary/aromatic N) is 1. The lowest BCUT2D eigenvalue weighted by Gasteiger charge is -2.32. The van der Waals surface area contributed by atoms with Gasteiger partial charge >= 0.3 is 12.1 Å². The lowest BCUT2D eigenvalue weighted by atomic mass is 9.96. The van der Waals surface area contributed by atoms with E-state index in [1.54, 1.807) is 11.8 Å². The number of rotatable bonds is 2. The Morgan fingerprint density at radius 1 is 1.33 bits per heavy atom. The molecule has 6 heteroatoms. The summed E-state index contributed by atoms with van der Waals surface area (Å²) >= 11 is 0. The Morgan fingerprint density at radius 3 is 2.57 bits per heavy atom. The van der Waals surface area contributed by atoms with Crippen LogP contribution >= 0.6 is 0 Å². The fourth-order valence-corrected chi connectivity index (χ4v) is 2.32. The van der Waals surface area contributed by atoms with Crippen LogP contribution in [0.2, 0.25) is 0 Å². The van der Waals surface area contributed by atoms with E-state index in [0.717, 1.165) is 0 Å². The molecule has 1 aliphatic rings. The molecule has 2 atom stereocenters. The molecular weight excluding hydrogens is 274 g/mol. The van der Waals surface area contributed by atoms with Gasteiger partial charge in [-0.3, -0.25) is 4.79 Å². The molecule has 0 aromatic carbocycles. The second kappa shape index (κ2) is 7.64. The van der Waals surface area contributed by atoms with Crippen molar-refractivity contribution in [2.24, 2.45) is 5.92 Å². The summed E-state index contributed by atoms with van der Waals surface area (Å²) < 4.78 is 10.4. The maximum atomic E-state index is 12.2. The standard InChI is InChI=1S/C15H27NO5/c1-5-20-13(18)11-9-12(17)7-6-8-16(10-11)14(19)21-15(2,3)4/h11-12,17H,5-10H2,1-4H3. The number of esters is 1. The molecule has 21 heavy (non-hydrogen) atoms. The van der Waals surface area contributed by atoms with E-state index in [1.807, 2.05) is 20.8 Å². The summed E-state index contributed by atoms with van der Waals surface area (Å²) in [6.07, 6.45) is 0.622. The van der Waals surface area contributed by atoms with Crippen LogP contribution in [0.15, 0.2) is 0 Å². The van der Waals surface area contributed by atoms with Gasteiger partial charge in [-0.25, -0.2) is 4.79 Å². The summed E-state index contributed by atoms with van der Waals surface area (Å²) in [6, 6.07) is 0. The van der Waals surface area contributed by atoms with Crippen molar-refractivity contribution in [3.8, 4) is 0 Å². The summed E-state index contributed by atoms with van der Waals surface area (Å²) in [5.74, 6) is -0.875. The molecule has 0 aliphatic carbocycles. The number of carbonyl (C=O) groups is 2. The predicted molar refractivity (Wildman–Crippen MR) is 77.8 cm³/mol. The van der Waals surface area contributed by atoms with Crippen LogP contribution in [-0.4, -0.2) is 53.5 Å². The van der Waals surface area contributed by atoms with E-state index in [4.69, 9.17) is 9.47 Å². The van der Waals surface area contributed by atoms with E-state index in [2.05, 4.69) is 0 Å². The molecule has 1 saturated heterocycles. The highest BCUT2D eigenvalue weighted by atomic mass is 16.6. The van der Waals surface area contributed by atoms with Crippen LogP contribution < -0.4 is 0 Å². The topological polar surface area (TPSA) is 76.1 Å². The molecule has 0 spiro atoms. The van der Waals surface area contributed by atoms with Gasteiger partial charge in [-0.1, -0.05) is 0 Å². The van der Waals surface area contributed by atoms with Crippen LogP contribution in [0.4, 0.5) is 4.79 Å². The molecule has 122 valence electrons. The van der Waals surface area contributed by atoms with Crippen LogP contribution in [0.1, 0.15) is 47.0 Å². The summed E-state index contributed by atoms with van der Waals surface area (Å²) in [5.41, 5.74) is -0.571. The molecule has 6 nitrogen and oxygen atoms in total. The largest absolute Gasteiger partial charge is 0.466 e. The fourth-order valence-electron chi connectivity index (χ4n) is 2.32. The van der Waals surface area contributed by atoms with Gasteiger partial charge in [-0.2, -0.15) is 0 Å². The summed E-state index contributed by atoms with van der Waals surface area (Å²) in [7, 11) is 0. The predicted octanol–water partition coefficient (Wildman–Crippen LogP) is 1.95. The molecule has 0 aromatic rings. The average Bonchev–Trinajstić information content (AvgIpc) is 2.31. The SMILES string of the molecule is CCOC(=O)C1CC(O)CCCN(C(=O)OC(C)(C)C)C1. The van der Waals surface area contributed by atoms with Crippen molar-refractivity contribution in [2.75, 3.05) is 19.7 Å². The molecule has 2 unspecified atom stereocenters. The van der Waals surface area contributed by atoms with Crippen LogP contribution in [-0.2, 0) is 14.3 Å². The zero-order valence-electron chi connectivity index (χ0n) is 13.4. The number of likely N-dealkylation sites (tertiary alicyclic amines) is 1. The highest BCUT2D eigenvalue weighted by molar-refractivity contribution is 5.74. The van der Waals surface area contributed by atoms with Gasteiger partial charge in [-0.05, 0) is 47.0 Å². The Hall–Kier alpha value is -1.30. The van der Waals surface area contributed by atoms with Crippen molar-refractivity contribution >= 4 is 12.1 Å². The highest BCUT2D eigenvalue weighted by Crippen LogP contribution is 2.20. The van der Waals surface area contributed by atoms with Gasteiger partial charge in [0, 0.05) is 13.1 Å². The van der Waals surface area contributed by atoms with Gasteiger partial charge in [0.2, 0.25) is 0 Å². The van der Waals surface area contributed by atoms with E-state index < -0.39 is 23.7 Å². The Bertz CT molecular complexity index is 364. The Morgan fingerprint density at radius 2 is 2.00 bits per heavy atom. The minimum absolute atomic E-state index is 0.227. The summed E-state index contributed by atoms with van der Waals surface area (Å²) in [6.45, 7) is 8.15. The van der Waals surface area contributed by atoms with E-state index in [-0.39, 0.29) is 19.1 Å². The van der Waals surface area contributed by atoms with Crippen LogP contribution in [0.3, 0.4) is 0 Å². The minimum Gasteiger partial charge on any atom is -0.466 e. The van der Waals surface area contributed by atoms with E-state index >= 15 is 0 Å². The number of aliphatic hydroxyl groups excluding tert-OH is 1. The normalized spacial score (nSPS) is 24.0. The van der Waals surface area contributed by atoms with Gasteiger partial charge in [0.05, 0.1) is 18.6 Å². The van der Waals surface area contributed by atoms with Crippen molar-refractivity contribution in [3.05, 3.63) is 0 Å². The highest BCUT2D eigenvalue weighted by Gasteiger charge is 2.31. The number of ether oxygens (including phenoxy) is 2. The zero-order chi connectivity index (χ0) is 16.0. The molecule has 1 aliphatic heterocycles. The van der Waals surface area contributed by atoms with Gasteiger partial charge < -0.3 is 19.5 Å². The van der Waals surface area contributed by atoms with Gasteiger partial charge in [0.25, 0.3) is 0 Å². The van der Waals surface area contributed by atoms with Crippen LogP contribution in [0, 0.1) is 5.92 Å². The first-order valence-corrected chi connectivity index (χ1v) is 7.55. The number of carbonyl (C=O) groups excluding carboxylic acids is 2. The smallest absolute Gasteiger partial charge is 0.410 e. The number of aliphatic hydroxyl groups is 1. The Labute approximate surface area is 126 Å². The first kappa shape index (κ1) is 17.8. The van der Waals surface area contributed by atoms with E-state index in [9.17, 15) is 14.7 Å². The zero-order valence-corrected chi connectivity index (χ0v) is 13.4. The quantitative estimate of drug-likeness (QED) is 0.789. The van der Waals surface area contributed by atoms with Crippen molar-refractivity contribution in [1.82, 2.24) is 4.90 Å². The maximum Gasteiger partial charge on any atom is 0.410 e. The van der Waals surface area contributed by atoms with Crippen LogP contribution in [0.25, 0.3) is 0 Å². The third kappa shape index (κ3) is 6.33. The molecule has 0 radical (unpaired) electrons. The fraction of sp³-hybridized carbons (Fsp3) is 0.867. The summed E-state index contributed by atoms with van der Waals surface area (Å²) in [5, 5.41) is 9.87. The molecule has 1 N–H and O–H groups in total. The molecule has 1 amide bonds. The molecule has 1 rings (SSSR count). The molecule has 0 bridgehead atoms. The van der Waals surface area contributed by atoms with E-state index in [1.165, 1.54) is 0 Å². The minimum atomic E-state index is -0.571. The third-order valence-corrected chi connectivity index (χ3v) is 3.23. The molecular formula is C15H27NO5. The Balaban J connectivity index is 2.75. The molecule has 0 aromatic heterocycles. The van der Waals surface area contributed by atoms with Crippen LogP contribution in [0.5, 0.6) is 0 Å². The number of hydrogen-bond acceptors (Lipinski definition) is 5. The first-order valence-electron chi connectivity index (χ1n) is 7.55. The second-order valence-electron chi connectivity index (χ2n) is 6.41. The van der Waals surface area contributed by atoms with Crippen molar-refractivity contribution in [1.29, 1.82) is 0 Å². The third-order valence-electron chi connectivity index (χ3n) is 3.23.